The number of halogens is 1. The highest BCUT2D eigenvalue weighted by atomic mass is 79.9. The van der Waals surface area contributed by atoms with Crippen LogP contribution in [-0.2, 0) is 9.47 Å². The largest absolute Gasteiger partial charge is 0.445 e. The van der Waals surface area contributed by atoms with Crippen LogP contribution in [0.15, 0.2) is 22.8 Å². The Morgan fingerprint density at radius 3 is 2.60 bits per heavy atom. The third-order valence-corrected chi connectivity index (χ3v) is 3.98. The molecule has 0 bridgehead atoms. The standard InChI is InChI=1S/C18H24BrN3O3/c1-18(2,3)25-17(23)22-9-7-21(8-10-22)11-13-24-12-6-16-5-4-15(19)14-20-16/h4-5,14H,7-11,13H2,1-3H3. The van der Waals surface area contributed by atoms with E-state index in [0.717, 1.165) is 24.1 Å². The van der Waals surface area contributed by atoms with Gasteiger partial charge in [-0.1, -0.05) is 0 Å². The highest BCUT2D eigenvalue weighted by Crippen LogP contribution is 2.11. The van der Waals surface area contributed by atoms with Gasteiger partial charge in [-0.15, -0.1) is 0 Å². The van der Waals surface area contributed by atoms with Crippen molar-refractivity contribution >= 4 is 22.0 Å². The first-order chi connectivity index (χ1) is 11.8. The summed E-state index contributed by atoms with van der Waals surface area (Å²) in [6.45, 7) is 9.90. The van der Waals surface area contributed by atoms with Gasteiger partial charge in [0.2, 0.25) is 0 Å². The Bertz CT molecular complexity index is 624. The van der Waals surface area contributed by atoms with E-state index in [-0.39, 0.29) is 6.09 Å². The quantitative estimate of drug-likeness (QED) is 0.567. The van der Waals surface area contributed by atoms with Gasteiger partial charge in [-0.05, 0) is 54.8 Å². The Morgan fingerprint density at radius 1 is 1.28 bits per heavy atom. The molecular formula is C18H24BrN3O3. The summed E-state index contributed by atoms with van der Waals surface area (Å²) in [5, 5.41) is 0. The van der Waals surface area contributed by atoms with Gasteiger partial charge < -0.3 is 14.4 Å². The van der Waals surface area contributed by atoms with Gasteiger partial charge in [0, 0.05) is 43.4 Å². The van der Waals surface area contributed by atoms with Crippen LogP contribution < -0.4 is 0 Å². The van der Waals surface area contributed by atoms with Crippen molar-refractivity contribution in [1.29, 1.82) is 0 Å². The third-order valence-electron chi connectivity index (χ3n) is 3.51. The van der Waals surface area contributed by atoms with Crippen LogP contribution >= 0.6 is 15.9 Å². The van der Waals surface area contributed by atoms with Crippen molar-refractivity contribution in [2.75, 3.05) is 39.3 Å². The van der Waals surface area contributed by atoms with E-state index in [1.54, 1.807) is 11.1 Å². The van der Waals surface area contributed by atoms with E-state index in [9.17, 15) is 4.79 Å². The molecule has 2 heterocycles. The summed E-state index contributed by atoms with van der Waals surface area (Å²) in [6.07, 6.45) is 4.14. The monoisotopic (exact) mass is 409 g/mol. The minimum absolute atomic E-state index is 0.240. The second kappa shape index (κ2) is 9.07. The fourth-order valence-corrected chi connectivity index (χ4v) is 2.48. The van der Waals surface area contributed by atoms with Gasteiger partial charge in [-0.25, -0.2) is 9.78 Å². The molecule has 1 amide bonds. The van der Waals surface area contributed by atoms with Crippen molar-refractivity contribution in [2.24, 2.45) is 0 Å². The normalized spacial score (nSPS) is 15.3. The maximum absolute atomic E-state index is 12.0. The molecule has 1 aliphatic rings. The number of nitrogens with zero attached hydrogens (tertiary/aromatic N) is 3. The zero-order valence-electron chi connectivity index (χ0n) is 14.9. The van der Waals surface area contributed by atoms with Gasteiger partial charge in [-0.3, -0.25) is 4.90 Å². The predicted octanol–water partition coefficient (Wildman–Crippen LogP) is 2.72. The molecule has 25 heavy (non-hydrogen) atoms. The molecule has 0 unspecified atom stereocenters. The predicted molar refractivity (Wildman–Crippen MR) is 99.0 cm³/mol. The topological polar surface area (TPSA) is 54.9 Å². The van der Waals surface area contributed by atoms with Gasteiger partial charge >= 0.3 is 6.09 Å². The van der Waals surface area contributed by atoms with Gasteiger partial charge in [0.1, 0.15) is 24.0 Å². The molecule has 1 aromatic rings. The first-order valence-electron chi connectivity index (χ1n) is 8.28. The zero-order valence-corrected chi connectivity index (χ0v) is 16.5. The molecule has 7 heteroatoms. The number of pyridine rings is 1. The summed E-state index contributed by atoms with van der Waals surface area (Å²) in [6, 6.07) is 3.72. The average molecular weight is 410 g/mol. The van der Waals surface area contributed by atoms with E-state index in [2.05, 4.69) is 37.8 Å². The van der Waals surface area contributed by atoms with Crippen molar-refractivity contribution in [3.63, 3.8) is 0 Å². The minimum Gasteiger partial charge on any atom is -0.445 e. The highest BCUT2D eigenvalue weighted by Gasteiger charge is 2.25. The summed E-state index contributed by atoms with van der Waals surface area (Å²) in [7, 11) is 0. The lowest BCUT2D eigenvalue weighted by Gasteiger charge is -2.35. The maximum atomic E-state index is 12.0. The van der Waals surface area contributed by atoms with Crippen molar-refractivity contribution in [1.82, 2.24) is 14.8 Å². The van der Waals surface area contributed by atoms with Crippen LogP contribution in [0.4, 0.5) is 4.79 Å². The second-order valence-electron chi connectivity index (χ2n) is 6.75. The number of hydrogen-bond acceptors (Lipinski definition) is 5. The number of piperazine rings is 1. The van der Waals surface area contributed by atoms with E-state index < -0.39 is 5.60 Å². The van der Waals surface area contributed by atoms with Crippen LogP contribution in [0.1, 0.15) is 26.5 Å². The lowest BCUT2D eigenvalue weighted by molar-refractivity contribution is 0.0134. The van der Waals surface area contributed by atoms with Gasteiger partial charge in [0.05, 0.1) is 0 Å². The van der Waals surface area contributed by atoms with Crippen LogP contribution in [0.2, 0.25) is 0 Å². The molecule has 0 radical (unpaired) electrons. The number of ether oxygens (including phenoxy) is 2. The molecule has 1 aliphatic heterocycles. The number of rotatable bonds is 3. The fraction of sp³-hybridized carbons (Fsp3) is 0.556. The van der Waals surface area contributed by atoms with Crippen LogP contribution in [0.25, 0.3) is 0 Å². The Kier molecular flexibility index (Phi) is 7.09. The molecule has 0 N–H and O–H groups in total. The Hall–Kier alpha value is -1.78. The molecule has 6 nitrogen and oxygen atoms in total. The van der Waals surface area contributed by atoms with Crippen LogP contribution in [-0.4, -0.2) is 65.8 Å². The van der Waals surface area contributed by atoms with Crippen molar-refractivity contribution in [2.45, 2.75) is 26.4 Å². The molecule has 2 rings (SSSR count). The summed E-state index contributed by atoms with van der Waals surface area (Å²) in [5.74, 6) is 2.86. The molecule has 1 fully saturated rings. The van der Waals surface area contributed by atoms with Gasteiger partial charge in [0.25, 0.3) is 0 Å². The van der Waals surface area contributed by atoms with Crippen molar-refractivity contribution in [3.8, 4) is 12.0 Å². The Labute approximate surface area is 157 Å². The third kappa shape index (κ3) is 7.32. The Morgan fingerprint density at radius 2 is 2.00 bits per heavy atom. The van der Waals surface area contributed by atoms with Gasteiger partial charge in [0.15, 0.2) is 0 Å². The Balaban J connectivity index is 1.64. The van der Waals surface area contributed by atoms with Crippen LogP contribution in [0.5, 0.6) is 0 Å². The average Bonchev–Trinajstić information content (AvgIpc) is 2.55. The van der Waals surface area contributed by atoms with Crippen LogP contribution in [0.3, 0.4) is 0 Å². The molecular weight excluding hydrogens is 386 g/mol. The second-order valence-corrected chi connectivity index (χ2v) is 7.66. The first-order valence-corrected chi connectivity index (χ1v) is 9.07. The zero-order chi connectivity index (χ0) is 18.3. The summed E-state index contributed by atoms with van der Waals surface area (Å²) in [5.41, 5.74) is 0.221. The summed E-state index contributed by atoms with van der Waals surface area (Å²) < 4.78 is 11.7. The maximum Gasteiger partial charge on any atom is 0.410 e. The first kappa shape index (κ1) is 19.5. The molecule has 1 saturated heterocycles. The van der Waals surface area contributed by atoms with Gasteiger partial charge in [-0.2, -0.15) is 0 Å². The molecule has 0 aliphatic carbocycles. The van der Waals surface area contributed by atoms with E-state index in [1.807, 2.05) is 32.9 Å². The number of hydrogen-bond donors (Lipinski definition) is 0. The van der Waals surface area contributed by atoms with E-state index in [0.29, 0.717) is 25.4 Å². The number of amides is 1. The SMILES string of the molecule is CC(C)(C)OC(=O)N1CCN(CCOC#Cc2ccc(Br)cn2)CC1. The summed E-state index contributed by atoms with van der Waals surface area (Å²) in [4.78, 5) is 20.2. The molecule has 136 valence electrons. The lowest BCUT2D eigenvalue weighted by atomic mass is 10.2. The molecule has 1 aromatic heterocycles. The van der Waals surface area contributed by atoms with Crippen molar-refractivity contribution in [3.05, 3.63) is 28.5 Å². The highest BCUT2D eigenvalue weighted by molar-refractivity contribution is 9.10. The van der Waals surface area contributed by atoms with E-state index in [1.165, 1.54) is 0 Å². The van der Waals surface area contributed by atoms with E-state index in [4.69, 9.17) is 9.47 Å². The lowest BCUT2D eigenvalue weighted by Crippen LogP contribution is -2.50. The number of carbonyl (C=O) groups is 1. The summed E-state index contributed by atoms with van der Waals surface area (Å²) >= 11 is 3.33. The molecule has 0 spiro atoms. The van der Waals surface area contributed by atoms with Crippen LogP contribution in [0, 0.1) is 12.0 Å². The van der Waals surface area contributed by atoms with E-state index >= 15 is 0 Å². The smallest absolute Gasteiger partial charge is 0.410 e. The molecule has 0 aromatic carbocycles. The fourth-order valence-electron chi connectivity index (χ4n) is 2.24. The number of carbonyl (C=O) groups excluding carboxylic acids is 1. The van der Waals surface area contributed by atoms with Crippen molar-refractivity contribution < 1.29 is 14.3 Å². The minimum atomic E-state index is -0.454. The molecule has 0 atom stereocenters. The molecule has 0 saturated carbocycles. The number of aromatic nitrogens is 1.